The minimum absolute atomic E-state index is 0.294. The van der Waals surface area contributed by atoms with E-state index in [0.717, 1.165) is 0 Å². The van der Waals surface area contributed by atoms with Gasteiger partial charge in [-0.05, 0) is 12.1 Å². The second-order valence-electron chi connectivity index (χ2n) is 3.64. The van der Waals surface area contributed by atoms with Crippen LogP contribution in [0.3, 0.4) is 0 Å². The minimum atomic E-state index is -0.294. The topological polar surface area (TPSA) is 96.7 Å². The first-order valence-electron chi connectivity index (χ1n) is 5.35. The number of halogens is 1. The van der Waals surface area contributed by atoms with Crippen LogP contribution in [0.25, 0.3) is 0 Å². The van der Waals surface area contributed by atoms with Crippen molar-refractivity contribution in [3.8, 4) is 0 Å². The number of H-pyrrole nitrogens is 1. The number of carbonyl (C=O) groups is 1. The summed E-state index contributed by atoms with van der Waals surface area (Å²) in [5, 5.41) is 9.49. The van der Waals surface area contributed by atoms with Gasteiger partial charge in [-0.3, -0.25) is 9.89 Å². The number of carbonyl (C=O) groups excluding carboxylic acids is 1. The third kappa shape index (κ3) is 2.78. The van der Waals surface area contributed by atoms with Crippen LogP contribution in [0.2, 0.25) is 5.02 Å². The molecule has 0 saturated heterocycles. The van der Waals surface area contributed by atoms with Gasteiger partial charge in [-0.25, -0.2) is 4.98 Å². The summed E-state index contributed by atoms with van der Waals surface area (Å²) in [6, 6.07) is 4.96. The molecule has 0 aliphatic heterocycles. The van der Waals surface area contributed by atoms with Crippen molar-refractivity contribution in [3.63, 3.8) is 0 Å². The van der Waals surface area contributed by atoms with Gasteiger partial charge in [0.05, 0.1) is 10.6 Å². The van der Waals surface area contributed by atoms with Crippen LogP contribution in [-0.4, -0.2) is 27.6 Å². The second kappa shape index (κ2) is 5.50. The molecule has 0 radical (unpaired) electrons. The summed E-state index contributed by atoms with van der Waals surface area (Å²) in [4.78, 5) is 15.8. The number of nitrogens with one attached hydrogen (secondary N) is 2. The Balaban J connectivity index is 1.96. The molecule has 1 aromatic carbocycles. The fraction of sp³-hybridized carbons (Fsp3) is 0.182. The number of anilines is 1. The van der Waals surface area contributed by atoms with Gasteiger partial charge in [-0.2, -0.15) is 5.10 Å². The predicted octanol–water partition coefficient (Wildman–Crippen LogP) is 1.01. The highest BCUT2D eigenvalue weighted by atomic mass is 35.5. The normalized spacial score (nSPS) is 10.3. The van der Waals surface area contributed by atoms with E-state index in [4.69, 9.17) is 17.3 Å². The van der Waals surface area contributed by atoms with Crippen LogP contribution in [0, 0.1) is 0 Å². The van der Waals surface area contributed by atoms with Gasteiger partial charge in [-0.15, -0.1) is 0 Å². The van der Waals surface area contributed by atoms with Crippen molar-refractivity contribution in [2.45, 2.75) is 6.42 Å². The van der Waals surface area contributed by atoms with Crippen molar-refractivity contribution >= 4 is 23.2 Å². The van der Waals surface area contributed by atoms with E-state index in [9.17, 15) is 4.79 Å². The maximum Gasteiger partial charge on any atom is 0.254 e. The molecule has 1 amide bonds. The largest absolute Gasteiger partial charge is 0.398 e. The highest BCUT2D eigenvalue weighted by Crippen LogP contribution is 2.21. The van der Waals surface area contributed by atoms with Crippen LogP contribution in [0.15, 0.2) is 24.5 Å². The Labute approximate surface area is 109 Å². The van der Waals surface area contributed by atoms with E-state index < -0.39 is 0 Å². The number of nitrogens with zero attached hydrogens (tertiary/aromatic N) is 2. The van der Waals surface area contributed by atoms with Crippen molar-refractivity contribution in [1.82, 2.24) is 20.5 Å². The Morgan fingerprint density at radius 3 is 3.00 bits per heavy atom. The molecule has 0 atom stereocenters. The van der Waals surface area contributed by atoms with Crippen LogP contribution in [0.4, 0.5) is 5.69 Å². The maximum absolute atomic E-state index is 11.9. The average molecular weight is 266 g/mol. The van der Waals surface area contributed by atoms with Crippen molar-refractivity contribution in [2.24, 2.45) is 0 Å². The van der Waals surface area contributed by atoms with Gasteiger partial charge in [0.2, 0.25) is 0 Å². The molecule has 0 fully saturated rings. The van der Waals surface area contributed by atoms with E-state index >= 15 is 0 Å². The third-order valence-corrected chi connectivity index (χ3v) is 2.70. The minimum Gasteiger partial charge on any atom is -0.398 e. The molecule has 6 nitrogen and oxygen atoms in total. The standard InChI is InChI=1S/C11H12ClN5O/c12-7-2-1-3-8(13)10(7)11(18)14-5-4-9-15-6-16-17-9/h1-3,6H,4-5,13H2,(H,14,18)(H,15,16,17). The van der Waals surface area contributed by atoms with Crippen LogP contribution >= 0.6 is 11.6 Å². The van der Waals surface area contributed by atoms with E-state index in [1.54, 1.807) is 18.2 Å². The number of nitrogens with two attached hydrogens (primary N) is 1. The lowest BCUT2D eigenvalue weighted by atomic mass is 10.1. The summed E-state index contributed by atoms with van der Waals surface area (Å²) in [5.74, 6) is 0.417. The van der Waals surface area contributed by atoms with Crippen molar-refractivity contribution in [1.29, 1.82) is 0 Å². The first-order chi connectivity index (χ1) is 8.68. The lowest BCUT2D eigenvalue weighted by molar-refractivity contribution is 0.0955. The number of amides is 1. The molecule has 94 valence electrons. The molecule has 0 spiro atoms. The number of benzene rings is 1. The molecule has 2 rings (SSSR count). The Hall–Kier alpha value is -2.08. The van der Waals surface area contributed by atoms with E-state index in [1.807, 2.05) is 0 Å². The number of hydrogen-bond donors (Lipinski definition) is 3. The smallest absolute Gasteiger partial charge is 0.254 e. The molecule has 7 heteroatoms. The summed E-state index contributed by atoms with van der Waals surface area (Å²) in [5.41, 5.74) is 6.38. The van der Waals surface area contributed by atoms with Gasteiger partial charge in [0.1, 0.15) is 12.2 Å². The first kappa shape index (κ1) is 12.4. The number of rotatable bonds is 4. The molecule has 4 N–H and O–H groups in total. The second-order valence-corrected chi connectivity index (χ2v) is 4.05. The monoisotopic (exact) mass is 265 g/mol. The summed E-state index contributed by atoms with van der Waals surface area (Å²) < 4.78 is 0. The average Bonchev–Trinajstić information content (AvgIpc) is 2.82. The van der Waals surface area contributed by atoms with Crippen LogP contribution < -0.4 is 11.1 Å². The van der Waals surface area contributed by atoms with E-state index in [1.165, 1.54) is 6.33 Å². The zero-order chi connectivity index (χ0) is 13.0. The van der Waals surface area contributed by atoms with Gasteiger partial charge < -0.3 is 11.1 Å². The number of aromatic nitrogens is 3. The van der Waals surface area contributed by atoms with E-state index in [0.29, 0.717) is 35.1 Å². The summed E-state index contributed by atoms with van der Waals surface area (Å²) in [6.07, 6.45) is 1.99. The molecule has 18 heavy (non-hydrogen) atoms. The molecule has 0 unspecified atom stereocenters. The summed E-state index contributed by atoms with van der Waals surface area (Å²) >= 11 is 5.93. The zero-order valence-electron chi connectivity index (χ0n) is 9.48. The Kier molecular flexibility index (Phi) is 3.78. The Bertz CT molecular complexity index is 520. The van der Waals surface area contributed by atoms with Crippen molar-refractivity contribution < 1.29 is 4.79 Å². The molecule has 1 aromatic heterocycles. The van der Waals surface area contributed by atoms with Crippen LogP contribution in [-0.2, 0) is 6.42 Å². The zero-order valence-corrected chi connectivity index (χ0v) is 10.2. The van der Waals surface area contributed by atoms with Crippen molar-refractivity contribution in [2.75, 3.05) is 12.3 Å². The molecule has 0 bridgehead atoms. The maximum atomic E-state index is 11.9. The molecule has 0 saturated carbocycles. The lowest BCUT2D eigenvalue weighted by Crippen LogP contribution is -2.27. The van der Waals surface area contributed by atoms with Crippen LogP contribution in [0.1, 0.15) is 16.2 Å². The first-order valence-corrected chi connectivity index (χ1v) is 5.72. The summed E-state index contributed by atoms with van der Waals surface area (Å²) in [6.45, 7) is 0.429. The fourth-order valence-corrected chi connectivity index (χ4v) is 1.78. The third-order valence-electron chi connectivity index (χ3n) is 2.39. The predicted molar refractivity (Wildman–Crippen MR) is 68.3 cm³/mol. The quantitative estimate of drug-likeness (QED) is 0.719. The SMILES string of the molecule is Nc1cccc(Cl)c1C(=O)NCCc1ncn[nH]1. The van der Waals surface area contributed by atoms with E-state index in [-0.39, 0.29) is 5.91 Å². The van der Waals surface area contributed by atoms with Gasteiger partial charge >= 0.3 is 0 Å². The molecule has 0 aliphatic carbocycles. The highest BCUT2D eigenvalue weighted by Gasteiger charge is 2.13. The van der Waals surface area contributed by atoms with Gasteiger partial charge in [0, 0.05) is 18.7 Å². The Morgan fingerprint density at radius 1 is 1.50 bits per heavy atom. The molecule has 0 aliphatic rings. The lowest BCUT2D eigenvalue weighted by Gasteiger charge is -2.08. The van der Waals surface area contributed by atoms with Gasteiger partial charge in [-0.1, -0.05) is 17.7 Å². The number of aromatic amines is 1. The van der Waals surface area contributed by atoms with E-state index in [2.05, 4.69) is 20.5 Å². The molecular weight excluding hydrogens is 254 g/mol. The number of hydrogen-bond acceptors (Lipinski definition) is 4. The van der Waals surface area contributed by atoms with Crippen LogP contribution in [0.5, 0.6) is 0 Å². The fourth-order valence-electron chi connectivity index (χ4n) is 1.51. The summed E-state index contributed by atoms with van der Waals surface area (Å²) in [7, 11) is 0. The van der Waals surface area contributed by atoms with Gasteiger partial charge in [0.15, 0.2) is 0 Å². The highest BCUT2D eigenvalue weighted by molar-refractivity contribution is 6.34. The molecule has 2 aromatic rings. The molecule has 1 heterocycles. The molecular formula is C11H12ClN5O. The Morgan fingerprint density at radius 2 is 2.33 bits per heavy atom. The number of nitrogen functional groups attached to an aromatic ring is 1. The van der Waals surface area contributed by atoms with Gasteiger partial charge in [0.25, 0.3) is 5.91 Å². The van der Waals surface area contributed by atoms with Crippen molar-refractivity contribution in [3.05, 3.63) is 40.9 Å².